The molecule has 7 heteroatoms. The van der Waals surface area contributed by atoms with Crippen LogP contribution in [0.25, 0.3) is 0 Å². The van der Waals surface area contributed by atoms with E-state index in [1.165, 1.54) is 12.1 Å². The number of hydrogen-bond acceptors (Lipinski definition) is 2. The molecule has 0 radical (unpaired) electrons. The first-order valence-corrected chi connectivity index (χ1v) is 7.11. The van der Waals surface area contributed by atoms with Crippen molar-refractivity contribution in [3.63, 3.8) is 0 Å². The third-order valence-electron chi connectivity index (χ3n) is 2.22. The minimum atomic E-state index is -4.45. The second kappa shape index (κ2) is 7.05. The highest BCUT2D eigenvalue weighted by molar-refractivity contribution is 9.10. The van der Waals surface area contributed by atoms with Gasteiger partial charge in [-0.3, -0.25) is 0 Å². The Hall–Kier alpha value is -1.68. The number of nitrogens with one attached hydrogen (secondary N) is 1. The van der Waals surface area contributed by atoms with Crippen molar-refractivity contribution >= 4 is 22.0 Å². The van der Waals surface area contributed by atoms with Gasteiger partial charge in [0, 0.05) is 10.0 Å². The van der Waals surface area contributed by atoms with Crippen LogP contribution in [0, 0.1) is 11.8 Å². The first kappa shape index (κ1) is 18.4. The van der Waals surface area contributed by atoms with E-state index >= 15 is 0 Å². The quantitative estimate of drug-likeness (QED) is 0.739. The van der Waals surface area contributed by atoms with Crippen molar-refractivity contribution in [3.05, 3.63) is 33.8 Å². The van der Waals surface area contributed by atoms with Crippen LogP contribution in [0.15, 0.2) is 22.7 Å². The maximum atomic E-state index is 12.7. The highest BCUT2D eigenvalue weighted by atomic mass is 79.9. The van der Waals surface area contributed by atoms with E-state index in [0.717, 1.165) is 6.07 Å². The average Bonchev–Trinajstić information content (AvgIpc) is 2.33. The minimum absolute atomic E-state index is 0.0215. The van der Waals surface area contributed by atoms with Gasteiger partial charge in [0.2, 0.25) is 0 Å². The molecule has 0 unspecified atom stereocenters. The number of benzene rings is 1. The molecule has 1 rings (SSSR count). The second-order valence-corrected chi connectivity index (χ2v) is 6.20. The number of carbonyl (C=O) groups excluding carboxylic acids is 1. The zero-order valence-corrected chi connectivity index (χ0v) is 13.9. The number of ether oxygens (including phenoxy) is 1. The Balaban J connectivity index is 2.68. The number of carbonyl (C=O) groups is 1. The van der Waals surface area contributed by atoms with E-state index < -0.39 is 23.4 Å². The highest BCUT2D eigenvalue weighted by Crippen LogP contribution is 2.35. The summed E-state index contributed by atoms with van der Waals surface area (Å²) < 4.78 is 43.1. The molecular formula is C15H15BrF3NO2. The SMILES string of the molecule is CC(C)(C)OC(=O)NCC#Cc1ccc(Br)c(C(F)(F)F)c1. The Kier molecular flexibility index (Phi) is 5.89. The van der Waals surface area contributed by atoms with Gasteiger partial charge in [0.1, 0.15) is 5.60 Å². The third kappa shape index (κ3) is 6.39. The molecule has 1 amide bonds. The van der Waals surface area contributed by atoms with Crippen molar-refractivity contribution < 1.29 is 22.7 Å². The fraction of sp³-hybridized carbons (Fsp3) is 0.400. The number of alkyl carbamates (subject to hydrolysis) is 1. The molecule has 0 saturated heterocycles. The van der Waals surface area contributed by atoms with Gasteiger partial charge in [0.05, 0.1) is 12.1 Å². The van der Waals surface area contributed by atoms with E-state index in [4.69, 9.17) is 4.74 Å². The maximum Gasteiger partial charge on any atom is 0.417 e. The summed E-state index contributed by atoms with van der Waals surface area (Å²) in [6, 6.07) is 3.69. The number of halogens is 4. The number of rotatable bonds is 1. The standard InChI is InChI=1S/C15H15BrF3NO2/c1-14(2,3)22-13(21)20-8-4-5-10-6-7-12(16)11(9-10)15(17,18)19/h6-7,9H,8H2,1-3H3,(H,20,21). The molecule has 0 aliphatic carbocycles. The fourth-order valence-corrected chi connectivity index (χ4v) is 1.87. The molecular weight excluding hydrogens is 363 g/mol. The van der Waals surface area contributed by atoms with E-state index in [-0.39, 0.29) is 16.6 Å². The van der Waals surface area contributed by atoms with E-state index in [1.807, 2.05) is 0 Å². The van der Waals surface area contributed by atoms with Gasteiger partial charge in [0.15, 0.2) is 0 Å². The van der Waals surface area contributed by atoms with E-state index in [9.17, 15) is 18.0 Å². The number of hydrogen-bond donors (Lipinski definition) is 1. The van der Waals surface area contributed by atoms with Crippen LogP contribution in [0.1, 0.15) is 31.9 Å². The summed E-state index contributed by atoms with van der Waals surface area (Å²) in [5, 5.41) is 2.40. The monoisotopic (exact) mass is 377 g/mol. The van der Waals surface area contributed by atoms with Crippen LogP contribution in [-0.4, -0.2) is 18.2 Å². The van der Waals surface area contributed by atoms with Gasteiger partial charge in [-0.1, -0.05) is 27.8 Å². The molecule has 0 fully saturated rings. The molecule has 0 bridgehead atoms. The van der Waals surface area contributed by atoms with Gasteiger partial charge in [-0.05, 0) is 39.0 Å². The number of amides is 1. The lowest BCUT2D eigenvalue weighted by Gasteiger charge is -2.19. The molecule has 1 aromatic rings. The smallest absolute Gasteiger partial charge is 0.417 e. The fourth-order valence-electron chi connectivity index (χ4n) is 1.40. The second-order valence-electron chi connectivity index (χ2n) is 5.35. The molecule has 3 nitrogen and oxygen atoms in total. The zero-order chi connectivity index (χ0) is 17.0. The van der Waals surface area contributed by atoms with Gasteiger partial charge in [-0.2, -0.15) is 13.2 Å². The summed E-state index contributed by atoms with van der Waals surface area (Å²) in [7, 11) is 0. The normalized spacial score (nSPS) is 11.4. The van der Waals surface area contributed by atoms with Crippen molar-refractivity contribution in [2.75, 3.05) is 6.54 Å². The summed E-state index contributed by atoms with van der Waals surface area (Å²) in [5.74, 6) is 5.13. The summed E-state index contributed by atoms with van der Waals surface area (Å²) in [5.41, 5.74) is -1.20. The van der Waals surface area contributed by atoms with Gasteiger partial charge >= 0.3 is 12.3 Å². The first-order valence-electron chi connectivity index (χ1n) is 6.31. The van der Waals surface area contributed by atoms with Crippen LogP contribution in [0.5, 0.6) is 0 Å². The Labute approximate surface area is 135 Å². The van der Waals surface area contributed by atoms with Crippen molar-refractivity contribution in [1.82, 2.24) is 5.32 Å². The van der Waals surface area contributed by atoms with Gasteiger partial charge in [-0.15, -0.1) is 0 Å². The van der Waals surface area contributed by atoms with Crippen molar-refractivity contribution in [3.8, 4) is 11.8 Å². The summed E-state index contributed by atoms with van der Waals surface area (Å²) in [6.07, 6.45) is -5.08. The molecule has 0 heterocycles. The molecule has 0 aliphatic heterocycles. The van der Waals surface area contributed by atoms with Crippen LogP contribution < -0.4 is 5.32 Å². The first-order chi connectivity index (χ1) is 9.99. The molecule has 1 N–H and O–H groups in total. The molecule has 0 aliphatic rings. The lowest BCUT2D eigenvalue weighted by molar-refractivity contribution is -0.138. The Morgan fingerprint density at radius 2 is 1.95 bits per heavy atom. The number of alkyl halides is 3. The molecule has 22 heavy (non-hydrogen) atoms. The van der Waals surface area contributed by atoms with Crippen LogP contribution in [-0.2, 0) is 10.9 Å². The predicted octanol–water partition coefficient (Wildman–Crippen LogP) is 4.34. The van der Waals surface area contributed by atoms with Crippen molar-refractivity contribution in [1.29, 1.82) is 0 Å². The summed E-state index contributed by atoms with van der Waals surface area (Å²) in [6.45, 7) is 5.14. The summed E-state index contributed by atoms with van der Waals surface area (Å²) in [4.78, 5) is 11.3. The van der Waals surface area contributed by atoms with Crippen molar-refractivity contribution in [2.24, 2.45) is 0 Å². The van der Waals surface area contributed by atoms with Crippen LogP contribution in [0.2, 0.25) is 0 Å². The van der Waals surface area contributed by atoms with Crippen LogP contribution >= 0.6 is 15.9 Å². The maximum absolute atomic E-state index is 12.7. The Bertz CT molecular complexity index is 610. The van der Waals surface area contributed by atoms with E-state index in [2.05, 4.69) is 33.1 Å². The average molecular weight is 378 g/mol. The zero-order valence-electron chi connectivity index (χ0n) is 12.3. The molecule has 1 aromatic carbocycles. The third-order valence-corrected chi connectivity index (χ3v) is 2.92. The molecule has 120 valence electrons. The Morgan fingerprint density at radius 1 is 1.32 bits per heavy atom. The Morgan fingerprint density at radius 3 is 2.50 bits per heavy atom. The van der Waals surface area contributed by atoms with E-state index in [0.29, 0.717) is 0 Å². The highest BCUT2D eigenvalue weighted by Gasteiger charge is 2.32. The molecule has 0 spiro atoms. The predicted molar refractivity (Wildman–Crippen MR) is 80.3 cm³/mol. The van der Waals surface area contributed by atoms with E-state index in [1.54, 1.807) is 20.8 Å². The van der Waals surface area contributed by atoms with Gasteiger partial charge in [0.25, 0.3) is 0 Å². The lowest BCUT2D eigenvalue weighted by Crippen LogP contribution is -2.32. The van der Waals surface area contributed by atoms with Crippen molar-refractivity contribution in [2.45, 2.75) is 32.5 Å². The summed E-state index contributed by atoms with van der Waals surface area (Å²) >= 11 is 2.85. The molecule has 0 atom stereocenters. The largest absolute Gasteiger partial charge is 0.444 e. The van der Waals surface area contributed by atoms with Gasteiger partial charge < -0.3 is 10.1 Å². The minimum Gasteiger partial charge on any atom is -0.444 e. The molecule has 0 aromatic heterocycles. The lowest BCUT2D eigenvalue weighted by atomic mass is 10.1. The molecule has 0 saturated carbocycles. The topological polar surface area (TPSA) is 38.3 Å². The van der Waals surface area contributed by atoms with Crippen LogP contribution in [0.3, 0.4) is 0 Å². The van der Waals surface area contributed by atoms with Crippen LogP contribution in [0.4, 0.5) is 18.0 Å². The van der Waals surface area contributed by atoms with Gasteiger partial charge in [-0.25, -0.2) is 4.79 Å².